The number of aryl methyl sites for hydroxylation is 1. The predicted molar refractivity (Wildman–Crippen MR) is 230 cm³/mol. The van der Waals surface area contributed by atoms with Crippen molar-refractivity contribution in [2.24, 2.45) is 17.8 Å². The predicted octanol–water partition coefficient (Wildman–Crippen LogP) is 10.3. The van der Waals surface area contributed by atoms with Crippen LogP contribution in [0.3, 0.4) is 0 Å². The lowest BCUT2D eigenvalue weighted by Crippen LogP contribution is -2.53. The number of hydrogen-bond donors (Lipinski definition) is 1. The summed E-state index contributed by atoms with van der Waals surface area (Å²) in [6.45, 7) is 8.84. The van der Waals surface area contributed by atoms with Gasteiger partial charge in [-0.15, -0.1) is 0 Å². The minimum absolute atomic E-state index is 0.0555. The molecule has 3 aliphatic carbocycles. The number of anilines is 1. The summed E-state index contributed by atoms with van der Waals surface area (Å²) < 4.78 is 37.0. The number of carbonyl (C=O) groups excluding carboxylic acids is 1. The monoisotopic (exact) mass is 822 g/mol. The number of carbonyl (C=O) groups is 1. The van der Waals surface area contributed by atoms with Crippen molar-refractivity contribution in [3.63, 3.8) is 0 Å². The summed E-state index contributed by atoms with van der Waals surface area (Å²) in [7, 11) is 3.15. The van der Waals surface area contributed by atoms with Crippen LogP contribution in [0.2, 0.25) is 5.02 Å². The molecule has 1 spiro atoms. The summed E-state index contributed by atoms with van der Waals surface area (Å²) in [5.74, 6) is 4.29. The van der Waals surface area contributed by atoms with E-state index < -0.39 is 5.54 Å². The molecule has 0 amide bonds. The number of pyridine rings is 1. The molecule has 3 aromatic carbocycles. The van der Waals surface area contributed by atoms with Gasteiger partial charge in [-0.05, 0) is 153 Å². The second kappa shape index (κ2) is 17.6. The van der Waals surface area contributed by atoms with Crippen LogP contribution < -0.4 is 24.3 Å². The zero-order chi connectivity index (χ0) is 41.1. The Morgan fingerprint density at radius 1 is 0.983 bits per heavy atom. The normalized spacial score (nSPS) is 25.6. The summed E-state index contributed by atoms with van der Waals surface area (Å²) in [6.07, 6.45) is 9.97. The molecule has 1 aromatic heterocycles. The van der Waals surface area contributed by atoms with E-state index in [9.17, 15) is 4.79 Å². The van der Waals surface area contributed by atoms with Gasteiger partial charge in [0.15, 0.2) is 11.5 Å². The molecule has 0 saturated heterocycles. The van der Waals surface area contributed by atoms with Crippen molar-refractivity contribution in [2.45, 2.75) is 108 Å². The molecule has 1 saturated carbocycles. The number of aromatic nitrogens is 1. The summed E-state index contributed by atoms with van der Waals surface area (Å²) in [4.78, 5) is 18.4. The molecular formula is C49H59ClN2O7. The number of nitrogens with zero attached hydrogens (tertiary/aromatic N) is 1. The molecule has 9 nitrogen and oxygen atoms in total. The van der Waals surface area contributed by atoms with E-state index in [4.69, 9.17) is 45.0 Å². The van der Waals surface area contributed by atoms with E-state index in [0.29, 0.717) is 62.0 Å². The third kappa shape index (κ3) is 8.60. The lowest BCUT2D eigenvalue weighted by atomic mass is 9.59. The molecule has 8 rings (SSSR count). The van der Waals surface area contributed by atoms with Crippen LogP contribution in [0.1, 0.15) is 99.6 Å². The number of rotatable bonds is 13. The van der Waals surface area contributed by atoms with Crippen molar-refractivity contribution in [1.29, 1.82) is 0 Å². The number of methoxy groups -OCH3 is 2. The van der Waals surface area contributed by atoms with Gasteiger partial charge in [0, 0.05) is 28.2 Å². The largest absolute Gasteiger partial charge is 0.497 e. The summed E-state index contributed by atoms with van der Waals surface area (Å²) in [5.41, 5.74) is 5.96. The number of fused-ring (bicyclic) bond motifs is 4. The van der Waals surface area contributed by atoms with Gasteiger partial charge in [-0.3, -0.25) is 4.98 Å². The van der Waals surface area contributed by atoms with Gasteiger partial charge >= 0.3 is 5.97 Å². The minimum atomic E-state index is -0.871. The number of esters is 1. The first-order valence-corrected chi connectivity index (χ1v) is 21.9. The molecule has 2 heterocycles. The molecule has 5 atom stereocenters. The number of nitrogens with one attached hydrogen (secondary N) is 1. The fraction of sp³-hybridized carbons (Fsp3) is 0.510. The van der Waals surface area contributed by atoms with E-state index in [1.54, 1.807) is 7.11 Å². The highest BCUT2D eigenvalue weighted by molar-refractivity contribution is 6.30. The van der Waals surface area contributed by atoms with Crippen molar-refractivity contribution < 1.29 is 33.2 Å². The van der Waals surface area contributed by atoms with Crippen LogP contribution in [-0.2, 0) is 39.1 Å². The van der Waals surface area contributed by atoms with Crippen molar-refractivity contribution in [2.75, 3.05) is 39.4 Å². The van der Waals surface area contributed by atoms with Crippen molar-refractivity contribution in [3.8, 4) is 23.0 Å². The maximum absolute atomic E-state index is 13.7. The first-order valence-electron chi connectivity index (χ1n) is 21.5. The van der Waals surface area contributed by atoms with Crippen molar-refractivity contribution >= 4 is 23.3 Å². The summed E-state index contributed by atoms with van der Waals surface area (Å²) in [6, 6.07) is 22.1. The lowest BCUT2D eigenvalue weighted by Gasteiger charge is -2.47. The molecule has 1 unspecified atom stereocenters. The zero-order valence-corrected chi connectivity index (χ0v) is 35.9. The second-order valence-electron chi connectivity index (χ2n) is 17.6. The Kier molecular flexibility index (Phi) is 12.3. The fourth-order valence-electron chi connectivity index (χ4n) is 10.3. The van der Waals surface area contributed by atoms with Crippen LogP contribution in [0.15, 0.2) is 72.9 Å². The lowest BCUT2D eigenvalue weighted by molar-refractivity contribution is -0.148. The summed E-state index contributed by atoms with van der Waals surface area (Å²) >= 11 is 6.39. The van der Waals surface area contributed by atoms with Crippen LogP contribution in [0, 0.1) is 17.8 Å². The highest BCUT2D eigenvalue weighted by Crippen LogP contribution is 2.58. The van der Waals surface area contributed by atoms with Crippen LogP contribution in [0.25, 0.3) is 0 Å². The molecule has 0 radical (unpaired) electrons. The molecule has 4 aromatic rings. The SMILES string of the molecule is COC(=O)C1(Nc2cccc(Cl)c2)CCC2(CC1)c1cc3c(cc1C[C@@H]2C[C@@H](C)COc1ccnc2c1[C@H](C)CCC2)OCC([C@@H](C)OCc1ccc(OC)cc1)CO3. The van der Waals surface area contributed by atoms with Gasteiger partial charge in [-0.25, -0.2) is 4.79 Å². The van der Waals surface area contributed by atoms with Crippen molar-refractivity contribution in [3.05, 3.63) is 106 Å². The zero-order valence-electron chi connectivity index (χ0n) is 35.2. The quantitative estimate of drug-likeness (QED) is 0.132. The molecule has 1 N–H and O–H groups in total. The van der Waals surface area contributed by atoms with Crippen LogP contribution in [-0.4, -0.2) is 56.6 Å². The number of hydrogen-bond acceptors (Lipinski definition) is 9. The van der Waals surface area contributed by atoms with Gasteiger partial charge in [0.1, 0.15) is 17.0 Å². The van der Waals surface area contributed by atoms with Crippen LogP contribution >= 0.6 is 11.6 Å². The molecule has 10 heteroatoms. The van der Waals surface area contributed by atoms with E-state index in [1.165, 1.54) is 42.3 Å². The van der Waals surface area contributed by atoms with Gasteiger partial charge in [-0.1, -0.05) is 43.6 Å². The highest BCUT2D eigenvalue weighted by Gasteiger charge is 2.55. The average Bonchev–Trinajstić information content (AvgIpc) is 3.36. The van der Waals surface area contributed by atoms with Gasteiger partial charge in [0.2, 0.25) is 0 Å². The first kappa shape index (κ1) is 41.3. The van der Waals surface area contributed by atoms with E-state index in [0.717, 1.165) is 66.4 Å². The van der Waals surface area contributed by atoms with Gasteiger partial charge in [0.05, 0.1) is 52.7 Å². The van der Waals surface area contributed by atoms with Crippen LogP contribution in [0.5, 0.6) is 23.0 Å². The maximum atomic E-state index is 13.7. The standard InChI is InChI=1S/C49H59ClN2O7/c1-31(27-57-43-16-21-51-42-11-6-8-32(2)46(42)43)22-37-23-35-24-44-45(59-30-36(29-58-44)33(3)56-28-34-12-14-40(54-4)15-13-34)26-41(35)48(37)17-19-49(20-18-48,47(53)55-5)52-39-10-7-9-38(50)25-39/h7,9-10,12-16,21,24-26,31-33,36-37,52H,6,8,11,17-20,22-23,27-30H2,1-5H3/t31-,32-,33-,36?,37+,48?,49?/m1/s1. The van der Waals surface area contributed by atoms with Gasteiger partial charge in [0.25, 0.3) is 0 Å². The van der Waals surface area contributed by atoms with Gasteiger partial charge in [-0.2, -0.15) is 0 Å². The van der Waals surface area contributed by atoms with E-state index >= 15 is 0 Å². The fourth-order valence-corrected chi connectivity index (χ4v) is 10.5. The van der Waals surface area contributed by atoms with Crippen LogP contribution in [0.4, 0.5) is 5.69 Å². The topological polar surface area (TPSA) is 97.4 Å². The van der Waals surface area contributed by atoms with E-state index in [1.807, 2.05) is 60.8 Å². The Balaban J connectivity index is 1.02. The molecule has 1 fully saturated rings. The van der Waals surface area contributed by atoms with E-state index in [-0.39, 0.29) is 23.4 Å². The molecule has 4 aliphatic rings. The maximum Gasteiger partial charge on any atom is 0.331 e. The minimum Gasteiger partial charge on any atom is -0.497 e. The number of benzene rings is 3. The Morgan fingerprint density at radius 2 is 1.75 bits per heavy atom. The molecule has 314 valence electrons. The van der Waals surface area contributed by atoms with E-state index in [2.05, 4.69) is 38.2 Å². The third-order valence-electron chi connectivity index (χ3n) is 13.8. The molecular weight excluding hydrogens is 764 g/mol. The second-order valence-corrected chi connectivity index (χ2v) is 18.0. The third-order valence-corrected chi connectivity index (χ3v) is 14.0. The first-order chi connectivity index (χ1) is 28.6. The molecule has 59 heavy (non-hydrogen) atoms. The Labute approximate surface area is 354 Å². The molecule has 1 aliphatic heterocycles. The number of halogens is 1. The Morgan fingerprint density at radius 3 is 2.47 bits per heavy atom. The molecule has 0 bridgehead atoms. The summed E-state index contributed by atoms with van der Waals surface area (Å²) in [5, 5.41) is 4.21. The highest BCUT2D eigenvalue weighted by atomic mass is 35.5. The average molecular weight is 823 g/mol. The number of ether oxygens (including phenoxy) is 6. The smallest absolute Gasteiger partial charge is 0.331 e. The Hall–Kier alpha value is -4.47. The van der Waals surface area contributed by atoms with Gasteiger partial charge < -0.3 is 33.7 Å². The Bertz CT molecular complexity index is 2100. The van der Waals surface area contributed by atoms with Crippen molar-refractivity contribution in [1.82, 2.24) is 4.98 Å².